The van der Waals surface area contributed by atoms with Crippen LogP contribution in [0.2, 0.25) is 0 Å². The molecule has 1 saturated heterocycles. The van der Waals surface area contributed by atoms with Crippen molar-refractivity contribution >= 4 is 15.7 Å². The Hall–Kier alpha value is -1.87. The highest BCUT2D eigenvalue weighted by atomic mass is 32.2. The van der Waals surface area contributed by atoms with E-state index in [4.69, 9.17) is 5.26 Å². The molecule has 1 aromatic carbocycles. The van der Waals surface area contributed by atoms with Crippen molar-refractivity contribution in [3.05, 3.63) is 29.8 Å². The van der Waals surface area contributed by atoms with Gasteiger partial charge in [-0.3, -0.25) is 4.79 Å². The normalized spacial score (nSPS) is 19.1. The summed E-state index contributed by atoms with van der Waals surface area (Å²) in [5.74, 6) is 0.186. The molecule has 20 heavy (non-hydrogen) atoms. The molecule has 0 bridgehead atoms. The summed E-state index contributed by atoms with van der Waals surface area (Å²) >= 11 is 0. The summed E-state index contributed by atoms with van der Waals surface area (Å²) in [7, 11) is -3.47. The fraction of sp³-hybridized carbons (Fsp3) is 0.429. The van der Waals surface area contributed by atoms with Crippen LogP contribution in [0.3, 0.4) is 0 Å². The van der Waals surface area contributed by atoms with E-state index in [0.717, 1.165) is 0 Å². The molecule has 0 aromatic heterocycles. The van der Waals surface area contributed by atoms with E-state index in [2.05, 4.69) is 0 Å². The van der Waals surface area contributed by atoms with E-state index in [1.54, 1.807) is 17.0 Å². The molecule has 106 valence electrons. The molecule has 2 rings (SSSR count). The quantitative estimate of drug-likeness (QED) is 0.835. The molecule has 1 aromatic rings. The van der Waals surface area contributed by atoms with Gasteiger partial charge in [0.05, 0.1) is 22.3 Å². The molecule has 0 saturated carbocycles. The largest absolute Gasteiger partial charge is 0.341 e. The Balaban J connectivity index is 2.08. The molecule has 6 heteroatoms. The lowest BCUT2D eigenvalue weighted by atomic mass is 10.2. The van der Waals surface area contributed by atoms with Gasteiger partial charge in [-0.25, -0.2) is 8.42 Å². The van der Waals surface area contributed by atoms with Gasteiger partial charge in [0.15, 0.2) is 9.84 Å². The Morgan fingerprint density at radius 1 is 1.45 bits per heavy atom. The van der Waals surface area contributed by atoms with Gasteiger partial charge < -0.3 is 4.90 Å². The summed E-state index contributed by atoms with van der Waals surface area (Å²) in [5, 5.41) is 8.80. The van der Waals surface area contributed by atoms with Crippen molar-refractivity contribution in [3.8, 4) is 6.07 Å². The average Bonchev–Trinajstić information content (AvgIpc) is 2.75. The van der Waals surface area contributed by atoms with E-state index in [-0.39, 0.29) is 29.0 Å². The van der Waals surface area contributed by atoms with Crippen LogP contribution >= 0.6 is 0 Å². The second-order valence-electron chi connectivity index (χ2n) is 5.11. The van der Waals surface area contributed by atoms with Gasteiger partial charge in [0.2, 0.25) is 5.91 Å². The molecule has 1 aliphatic rings. The summed E-state index contributed by atoms with van der Waals surface area (Å²) in [6.07, 6.45) is 0.490. The third kappa shape index (κ3) is 3.17. The molecule has 0 spiro atoms. The zero-order chi connectivity index (χ0) is 14.8. The Kier molecular flexibility index (Phi) is 4.09. The van der Waals surface area contributed by atoms with E-state index >= 15 is 0 Å². The first-order valence-electron chi connectivity index (χ1n) is 6.43. The van der Waals surface area contributed by atoms with Gasteiger partial charge in [0.25, 0.3) is 0 Å². The Morgan fingerprint density at radius 3 is 2.80 bits per heavy atom. The fourth-order valence-corrected chi connectivity index (χ4v) is 3.58. The zero-order valence-electron chi connectivity index (χ0n) is 11.2. The number of hydrogen-bond donors (Lipinski definition) is 0. The van der Waals surface area contributed by atoms with Crippen LogP contribution in [-0.2, 0) is 14.6 Å². The number of nitriles is 1. The first kappa shape index (κ1) is 14.5. The van der Waals surface area contributed by atoms with Crippen molar-refractivity contribution in [1.82, 2.24) is 4.90 Å². The van der Waals surface area contributed by atoms with Crippen LogP contribution in [-0.4, -0.2) is 38.1 Å². The van der Waals surface area contributed by atoms with Crippen LogP contribution in [0.15, 0.2) is 29.2 Å². The number of benzene rings is 1. The van der Waals surface area contributed by atoms with Crippen LogP contribution in [0.1, 0.15) is 18.9 Å². The van der Waals surface area contributed by atoms with Crippen LogP contribution in [0.5, 0.6) is 0 Å². The number of amides is 1. The number of hydrogen-bond acceptors (Lipinski definition) is 4. The molecule has 1 unspecified atom stereocenters. The molecule has 1 amide bonds. The van der Waals surface area contributed by atoms with E-state index < -0.39 is 9.84 Å². The lowest BCUT2D eigenvalue weighted by molar-refractivity contribution is -0.127. The molecular formula is C14H16N2O3S. The predicted octanol–water partition coefficient (Wildman–Crippen LogP) is 1.20. The maximum absolute atomic E-state index is 12.2. The predicted molar refractivity (Wildman–Crippen MR) is 73.6 cm³/mol. The number of carbonyl (C=O) groups excluding carboxylic acids is 1. The van der Waals surface area contributed by atoms with E-state index in [1.807, 2.05) is 13.0 Å². The maximum atomic E-state index is 12.2. The molecule has 0 N–H and O–H groups in total. The van der Waals surface area contributed by atoms with Gasteiger partial charge in [-0.05, 0) is 24.1 Å². The first-order chi connectivity index (χ1) is 9.42. The lowest BCUT2D eigenvalue weighted by Gasteiger charge is -2.16. The molecule has 1 fully saturated rings. The number of rotatable bonds is 4. The summed E-state index contributed by atoms with van der Waals surface area (Å²) in [6.45, 7) is 2.80. The maximum Gasteiger partial charge on any atom is 0.222 e. The summed E-state index contributed by atoms with van der Waals surface area (Å²) < 4.78 is 24.4. The van der Waals surface area contributed by atoms with E-state index in [0.29, 0.717) is 18.5 Å². The highest BCUT2D eigenvalue weighted by Crippen LogP contribution is 2.18. The van der Waals surface area contributed by atoms with Crippen molar-refractivity contribution in [2.75, 3.05) is 18.8 Å². The SMILES string of the molecule is CC1CC(=O)N(CCS(=O)(=O)c2cccc(C#N)c2)C1. The number of nitrogens with zero attached hydrogens (tertiary/aromatic N) is 2. The molecule has 5 nitrogen and oxygen atoms in total. The Labute approximate surface area is 118 Å². The number of sulfone groups is 1. The lowest BCUT2D eigenvalue weighted by Crippen LogP contribution is -2.30. The molecule has 0 radical (unpaired) electrons. The molecular weight excluding hydrogens is 276 g/mol. The minimum Gasteiger partial charge on any atom is -0.341 e. The second-order valence-corrected chi connectivity index (χ2v) is 7.22. The summed E-state index contributed by atoms with van der Waals surface area (Å²) in [5.41, 5.74) is 0.317. The topological polar surface area (TPSA) is 78.2 Å². The van der Waals surface area contributed by atoms with Gasteiger partial charge in [-0.15, -0.1) is 0 Å². The monoisotopic (exact) mass is 292 g/mol. The smallest absolute Gasteiger partial charge is 0.222 e. The Morgan fingerprint density at radius 2 is 2.20 bits per heavy atom. The van der Waals surface area contributed by atoms with Gasteiger partial charge in [0, 0.05) is 19.5 Å². The zero-order valence-corrected chi connectivity index (χ0v) is 12.1. The van der Waals surface area contributed by atoms with E-state index in [1.165, 1.54) is 12.1 Å². The highest BCUT2D eigenvalue weighted by molar-refractivity contribution is 7.91. The van der Waals surface area contributed by atoms with Crippen molar-refractivity contribution in [2.45, 2.75) is 18.2 Å². The van der Waals surface area contributed by atoms with E-state index in [9.17, 15) is 13.2 Å². The van der Waals surface area contributed by atoms with Crippen molar-refractivity contribution in [3.63, 3.8) is 0 Å². The molecule has 0 aliphatic carbocycles. The minimum absolute atomic E-state index is 0.0125. The van der Waals surface area contributed by atoms with Gasteiger partial charge in [-0.1, -0.05) is 13.0 Å². The number of carbonyl (C=O) groups is 1. The number of likely N-dealkylation sites (tertiary alicyclic amines) is 1. The average molecular weight is 292 g/mol. The van der Waals surface area contributed by atoms with Crippen LogP contribution in [0.4, 0.5) is 0 Å². The van der Waals surface area contributed by atoms with Crippen LogP contribution in [0, 0.1) is 17.2 Å². The summed E-state index contributed by atoms with van der Waals surface area (Å²) in [6, 6.07) is 7.87. The third-order valence-corrected chi connectivity index (χ3v) is 5.05. The third-order valence-electron chi connectivity index (χ3n) is 3.36. The molecule has 1 atom stereocenters. The molecule has 1 heterocycles. The van der Waals surface area contributed by atoms with Gasteiger partial charge >= 0.3 is 0 Å². The van der Waals surface area contributed by atoms with Gasteiger partial charge in [0.1, 0.15) is 0 Å². The van der Waals surface area contributed by atoms with Crippen molar-refractivity contribution in [1.29, 1.82) is 5.26 Å². The molecule has 1 aliphatic heterocycles. The van der Waals surface area contributed by atoms with Crippen molar-refractivity contribution in [2.24, 2.45) is 5.92 Å². The minimum atomic E-state index is -3.47. The van der Waals surface area contributed by atoms with Crippen LogP contribution in [0.25, 0.3) is 0 Å². The van der Waals surface area contributed by atoms with Gasteiger partial charge in [-0.2, -0.15) is 5.26 Å². The first-order valence-corrected chi connectivity index (χ1v) is 8.08. The Bertz CT molecular complexity index is 661. The fourth-order valence-electron chi connectivity index (χ4n) is 2.29. The second kappa shape index (κ2) is 5.63. The highest BCUT2D eigenvalue weighted by Gasteiger charge is 2.27. The summed E-state index contributed by atoms with van der Waals surface area (Å²) in [4.78, 5) is 13.4. The van der Waals surface area contributed by atoms with Crippen LogP contribution < -0.4 is 0 Å². The van der Waals surface area contributed by atoms with Crippen molar-refractivity contribution < 1.29 is 13.2 Å². The standard InChI is InChI=1S/C14H16N2O3S/c1-11-7-14(17)16(10-11)5-6-20(18,19)13-4-2-3-12(8-13)9-15/h2-4,8,11H,5-7,10H2,1H3.